The zero-order valence-electron chi connectivity index (χ0n) is 20.0. The van der Waals surface area contributed by atoms with Crippen LogP contribution in [0.3, 0.4) is 0 Å². The van der Waals surface area contributed by atoms with Crippen molar-refractivity contribution in [2.24, 2.45) is 0 Å². The van der Waals surface area contributed by atoms with Crippen molar-refractivity contribution >= 4 is 0 Å². The van der Waals surface area contributed by atoms with Gasteiger partial charge in [0.1, 0.15) is 12.5 Å². The molecule has 0 aliphatic carbocycles. The van der Waals surface area contributed by atoms with Crippen LogP contribution in [0.2, 0.25) is 0 Å². The quantitative estimate of drug-likeness (QED) is 0.381. The zero-order chi connectivity index (χ0) is 23.8. The largest absolute Gasteiger partial charge is 0.457 e. The van der Waals surface area contributed by atoms with Gasteiger partial charge in [-0.05, 0) is 16.7 Å². The lowest BCUT2D eigenvalue weighted by molar-refractivity contribution is -0.203. The molecule has 2 aliphatic rings. The molecule has 2 heterocycles. The topological polar surface area (TPSA) is 40.2 Å². The average molecular weight is 472 g/mol. The summed E-state index contributed by atoms with van der Waals surface area (Å²) in [5.41, 5.74) is 3.59. The second-order valence-electron chi connectivity index (χ2n) is 9.23. The Balaban J connectivity index is 1.34. The molecule has 0 bridgehead atoms. The summed E-state index contributed by atoms with van der Waals surface area (Å²) < 4.78 is 24.7. The van der Waals surface area contributed by atoms with Crippen molar-refractivity contribution in [2.45, 2.75) is 50.5 Å². The summed E-state index contributed by atoms with van der Waals surface area (Å²) in [6, 6.07) is 31.2. The Morgan fingerprint density at radius 3 is 1.97 bits per heavy atom. The number of benzene rings is 3. The lowest BCUT2D eigenvalue weighted by Gasteiger charge is -2.46. The third kappa shape index (κ3) is 6.31. The van der Waals surface area contributed by atoms with Gasteiger partial charge in [-0.15, -0.1) is 0 Å². The fourth-order valence-corrected chi connectivity index (χ4v) is 4.87. The van der Waals surface area contributed by atoms with Crippen LogP contribution in [0.15, 0.2) is 104 Å². The van der Waals surface area contributed by atoms with Gasteiger partial charge in [0.15, 0.2) is 0 Å². The molecule has 2 atom stereocenters. The van der Waals surface area contributed by atoms with E-state index in [1.54, 1.807) is 12.5 Å². The van der Waals surface area contributed by atoms with Crippen LogP contribution in [-0.4, -0.2) is 36.0 Å². The Kier molecular flexibility index (Phi) is 7.79. The predicted molar refractivity (Wildman–Crippen MR) is 135 cm³/mol. The summed E-state index contributed by atoms with van der Waals surface area (Å²) in [5.74, 6) is -0.619. The van der Waals surface area contributed by atoms with Crippen molar-refractivity contribution in [3.05, 3.63) is 120 Å². The minimum Gasteiger partial charge on any atom is -0.457 e. The standard InChI is InChI=1S/C30H33NO4/c1-4-10-25(11-5-1)21-31-17-16-30(34-18-19-35-30)20-28(31)29(33-23-27-14-8-3-9-15-27)24-32-22-26-12-6-2-7-13-26/h1-15,18-19,28-29H,16-17,20-24H2/t28-,29-/m1/s1. The van der Waals surface area contributed by atoms with Crippen LogP contribution < -0.4 is 0 Å². The van der Waals surface area contributed by atoms with Crippen LogP contribution in [0.4, 0.5) is 0 Å². The van der Waals surface area contributed by atoms with E-state index in [9.17, 15) is 0 Å². The van der Waals surface area contributed by atoms with Gasteiger partial charge < -0.3 is 18.9 Å². The van der Waals surface area contributed by atoms with Crippen LogP contribution in [0.1, 0.15) is 29.5 Å². The number of nitrogens with zero attached hydrogens (tertiary/aromatic N) is 1. The molecule has 35 heavy (non-hydrogen) atoms. The van der Waals surface area contributed by atoms with E-state index in [0.717, 1.165) is 30.6 Å². The lowest BCUT2D eigenvalue weighted by atomic mass is 9.91. The molecule has 1 saturated heterocycles. The molecular formula is C30H33NO4. The van der Waals surface area contributed by atoms with Gasteiger partial charge in [-0.2, -0.15) is 0 Å². The summed E-state index contributed by atoms with van der Waals surface area (Å²) in [6.45, 7) is 3.27. The lowest BCUT2D eigenvalue weighted by Crippen LogP contribution is -2.56. The second-order valence-corrected chi connectivity index (χ2v) is 9.23. The number of rotatable bonds is 10. The first-order valence-electron chi connectivity index (χ1n) is 12.4. The molecule has 3 aromatic carbocycles. The molecule has 0 saturated carbocycles. The molecular weight excluding hydrogens is 438 g/mol. The van der Waals surface area contributed by atoms with Gasteiger partial charge in [0.2, 0.25) is 0 Å². The van der Waals surface area contributed by atoms with Crippen LogP contribution in [0, 0.1) is 0 Å². The molecule has 5 nitrogen and oxygen atoms in total. The minimum atomic E-state index is -0.619. The summed E-state index contributed by atoms with van der Waals surface area (Å²) >= 11 is 0. The van der Waals surface area contributed by atoms with E-state index in [1.165, 1.54) is 5.56 Å². The van der Waals surface area contributed by atoms with Crippen molar-refractivity contribution in [1.82, 2.24) is 4.90 Å². The maximum absolute atomic E-state index is 6.58. The molecule has 0 radical (unpaired) electrons. The summed E-state index contributed by atoms with van der Waals surface area (Å²) in [4.78, 5) is 2.49. The third-order valence-corrected chi connectivity index (χ3v) is 6.75. The summed E-state index contributed by atoms with van der Waals surface area (Å²) in [7, 11) is 0. The molecule has 0 aromatic heterocycles. The van der Waals surface area contributed by atoms with Crippen molar-refractivity contribution in [1.29, 1.82) is 0 Å². The van der Waals surface area contributed by atoms with Gasteiger partial charge in [0, 0.05) is 32.0 Å². The van der Waals surface area contributed by atoms with Gasteiger partial charge in [0.05, 0.1) is 25.9 Å². The first-order chi connectivity index (χ1) is 17.3. The molecule has 5 rings (SSSR count). The SMILES string of the molecule is C1=COC2(CCN(Cc3ccccc3)[C@@H]([C@@H](COCc3ccccc3)OCc3ccccc3)C2)O1. The highest BCUT2D eigenvalue weighted by Crippen LogP contribution is 2.37. The maximum Gasteiger partial charge on any atom is 0.252 e. The first-order valence-corrected chi connectivity index (χ1v) is 12.4. The highest BCUT2D eigenvalue weighted by Gasteiger charge is 2.47. The molecule has 182 valence electrons. The van der Waals surface area contributed by atoms with E-state index in [0.29, 0.717) is 26.2 Å². The van der Waals surface area contributed by atoms with Gasteiger partial charge in [-0.25, -0.2) is 0 Å². The van der Waals surface area contributed by atoms with Crippen LogP contribution in [0.25, 0.3) is 0 Å². The number of piperidine rings is 1. The van der Waals surface area contributed by atoms with E-state index in [-0.39, 0.29) is 12.1 Å². The number of likely N-dealkylation sites (tertiary alicyclic amines) is 1. The van der Waals surface area contributed by atoms with E-state index in [1.807, 2.05) is 36.4 Å². The fraction of sp³-hybridized carbons (Fsp3) is 0.333. The van der Waals surface area contributed by atoms with Crippen molar-refractivity contribution in [3.8, 4) is 0 Å². The molecule has 0 amide bonds. The summed E-state index contributed by atoms with van der Waals surface area (Å²) in [5, 5.41) is 0. The van der Waals surface area contributed by atoms with Crippen molar-refractivity contribution < 1.29 is 18.9 Å². The maximum atomic E-state index is 6.58. The van der Waals surface area contributed by atoms with Crippen LogP contribution >= 0.6 is 0 Å². The second kappa shape index (κ2) is 11.5. The zero-order valence-corrected chi connectivity index (χ0v) is 20.0. The Morgan fingerprint density at radius 2 is 1.34 bits per heavy atom. The smallest absolute Gasteiger partial charge is 0.252 e. The predicted octanol–water partition coefficient (Wildman–Crippen LogP) is 5.67. The van der Waals surface area contributed by atoms with E-state index in [4.69, 9.17) is 18.9 Å². The Bertz CT molecular complexity index is 1050. The van der Waals surface area contributed by atoms with Crippen LogP contribution in [0.5, 0.6) is 0 Å². The highest BCUT2D eigenvalue weighted by molar-refractivity contribution is 5.16. The Hall–Kier alpha value is -3.12. The Labute approximate surface area is 207 Å². The van der Waals surface area contributed by atoms with E-state index < -0.39 is 5.79 Å². The van der Waals surface area contributed by atoms with Crippen LogP contribution in [-0.2, 0) is 38.7 Å². The molecule has 5 heteroatoms. The average Bonchev–Trinajstić information content (AvgIpc) is 3.37. The van der Waals surface area contributed by atoms with Crippen molar-refractivity contribution in [3.63, 3.8) is 0 Å². The minimum absolute atomic E-state index is 0.0725. The van der Waals surface area contributed by atoms with Gasteiger partial charge in [-0.1, -0.05) is 91.0 Å². The van der Waals surface area contributed by atoms with E-state index in [2.05, 4.69) is 59.5 Å². The number of hydrogen-bond donors (Lipinski definition) is 0. The fourth-order valence-electron chi connectivity index (χ4n) is 4.87. The van der Waals surface area contributed by atoms with Crippen molar-refractivity contribution in [2.75, 3.05) is 13.2 Å². The first kappa shape index (κ1) is 23.6. The molecule has 0 N–H and O–H groups in total. The molecule has 1 spiro atoms. The summed E-state index contributed by atoms with van der Waals surface area (Å²) in [6.07, 6.45) is 4.69. The van der Waals surface area contributed by atoms with Gasteiger partial charge in [-0.3, -0.25) is 4.90 Å². The third-order valence-electron chi connectivity index (χ3n) is 6.75. The number of hydrogen-bond acceptors (Lipinski definition) is 5. The molecule has 2 aliphatic heterocycles. The Morgan fingerprint density at radius 1 is 0.771 bits per heavy atom. The molecule has 0 unspecified atom stereocenters. The van der Waals surface area contributed by atoms with E-state index >= 15 is 0 Å². The molecule has 3 aromatic rings. The monoisotopic (exact) mass is 471 g/mol. The van der Waals surface area contributed by atoms with Gasteiger partial charge in [0.25, 0.3) is 5.79 Å². The highest BCUT2D eigenvalue weighted by atomic mass is 16.7. The normalized spacial score (nSPS) is 19.8. The van der Waals surface area contributed by atoms with Gasteiger partial charge >= 0.3 is 0 Å². The number of ether oxygens (including phenoxy) is 4. The molecule has 1 fully saturated rings.